The van der Waals surface area contributed by atoms with E-state index in [-0.39, 0.29) is 5.56 Å². The number of aryl methyl sites for hydroxylation is 1. The summed E-state index contributed by atoms with van der Waals surface area (Å²) in [5, 5.41) is 3.21. The fourth-order valence-corrected chi connectivity index (χ4v) is 4.36. The van der Waals surface area contributed by atoms with Crippen molar-refractivity contribution < 1.29 is 9.47 Å². The molecule has 0 saturated heterocycles. The molecule has 2 heterocycles. The van der Waals surface area contributed by atoms with Crippen LogP contribution in [0.25, 0.3) is 20.7 Å². The molecule has 7 heteroatoms. The highest BCUT2D eigenvalue weighted by molar-refractivity contribution is 7.22. The number of anilines is 2. The molecule has 2 aromatic carbocycles. The van der Waals surface area contributed by atoms with Crippen LogP contribution < -0.4 is 20.3 Å². The first-order valence-electron chi connectivity index (χ1n) is 9.07. The van der Waals surface area contributed by atoms with Gasteiger partial charge in [-0.15, -0.1) is 11.3 Å². The molecule has 0 aliphatic rings. The first kappa shape index (κ1) is 19.0. The van der Waals surface area contributed by atoms with Crippen molar-refractivity contribution in [3.8, 4) is 21.9 Å². The fraction of sp³-hybridized carbons (Fsp3) is 0.182. The monoisotopic (exact) mass is 407 g/mol. The molecule has 0 aliphatic carbocycles. The Morgan fingerprint density at radius 1 is 1.03 bits per heavy atom. The molecule has 4 aromatic rings. The van der Waals surface area contributed by atoms with Crippen molar-refractivity contribution in [1.82, 2.24) is 9.55 Å². The summed E-state index contributed by atoms with van der Waals surface area (Å²) in [5.41, 5.74) is 3.63. The van der Waals surface area contributed by atoms with Crippen molar-refractivity contribution in [2.45, 2.75) is 6.92 Å². The van der Waals surface area contributed by atoms with Crippen LogP contribution in [0, 0.1) is 6.92 Å². The second kappa shape index (κ2) is 7.60. The quantitative estimate of drug-likeness (QED) is 0.518. The Morgan fingerprint density at radius 3 is 2.52 bits per heavy atom. The minimum Gasteiger partial charge on any atom is -0.493 e. The Bertz CT molecular complexity index is 1260. The maximum absolute atomic E-state index is 12.9. The van der Waals surface area contributed by atoms with Gasteiger partial charge in [0.25, 0.3) is 5.56 Å². The Hall–Kier alpha value is -3.32. The third kappa shape index (κ3) is 3.45. The van der Waals surface area contributed by atoms with E-state index in [4.69, 9.17) is 14.5 Å². The minimum absolute atomic E-state index is 0.0807. The summed E-state index contributed by atoms with van der Waals surface area (Å²) < 4.78 is 12.8. The van der Waals surface area contributed by atoms with E-state index in [1.807, 2.05) is 30.3 Å². The third-order valence-corrected chi connectivity index (χ3v) is 5.95. The number of nitrogens with zero attached hydrogens (tertiary/aromatic N) is 2. The van der Waals surface area contributed by atoms with Gasteiger partial charge in [-0.05, 0) is 36.2 Å². The van der Waals surface area contributed by atoms with E-state index in [0.717, 1.165) is 16.1 Å². The Kier molecular flexibility index (Phi) is 4.98. The first-order chi connectivity index (χ1) is 14.0. The maximum atomic E-state index is 12.9. The number of nitrogens with one attached hydrogen (secondary N) is 1. The Balaban J connectivity index is 1.77. The van der Waals surface area contributed by atoms with Gasteiger partial charge in [0, 0.05) is 23.7 Å². The van der Waals surface area contributed by atoms with E-state index in [9.17, 15) is 4.79 Å². The van der Waals surface area contributed by atoms with Crippen molar-refractivity contribution in [1.29, 1.82) is 0 Å². The summed E-state index contributed by atoms with van der Waals surface area (Å²) in [4.78, 5) is 18.7. The highest BCUT2D eigenvalue weighted by Crippen LogP contribution is 2.34. The van der Waals surface area contributed by atoms with Crippen LogP contribution >= 0.6 is 11.3 Å². The zero-order valence-electron chi connectivity index (χ0n) is 16.6. The fourth-order valence-electron chi connectivity index (χ4n) is 3.19. The molecule has 0 aliphatic heterocycles. The van der Waals surface area contributed by atoms with Crippen LogP contribution in [-0.2, 0) is 7.05 Å². The lowest BCUT2D eigenvalue weighted by molar-refractivity contribution is 0.355. The van der Waals surface area contributed by atoms with Crippen LogP contribution in [0.1, 0.15) is 5.56 Å². The minimum atomic E-state index is -0.0807. The van der Waals surface area contributed by atoms with Gasteiger partial charge in [0.1, 0.15) is 4.70 Å². The third-order valence-electron chi connectivity index (χ3n) is 4.81. The highest BCUT2D eigenvalue weighted by atomic mass is 32.1. The van der Waals surface area contributed by atoms with E-state index in [1.54, 1.807) is 27.3 Å². The van der Waals surface area contributed by atoms with Gasteiger partial charge >= 0.3 is 0 Å². The molecule has 0 radical (unpaired) electrons. The molecule has 0 atom stereocenters. The molecule has 0 fully saturated rings. The number of methoxy groups -OCH3 is 2. The second-order valence-electron chi connectivity index (χ2n) is 6.63. The normalized spacial score (nSPS) is 10.9. The van der Waals surface area contributed by atoms with Crippen LogP contribution in [0.3, 0.4) is 0 Å². The molecule has 29 heavy (non-hydrogen) atoms. The van der Waals surface area contributed by atoms with Crippen LogP contribution in [0.4, 0.5) is 11.6 Å². The van der Waals surface area contributed by atoms with Gasteiger partial charge in [0.05, 0.1) is 19.7 Å². The topological polar surface area (TPSA) is 65.4 Å². The van der Waals surface area contributed by atoms with Crippen LogP contribution in [-0.4, -0.2) is 23.8 Å². The van der Waals surface area contributed by atoms with E-state index in [2.05, 4.69) is 24.4 Å². The largest absolute Gasteiger partial charge is 0.493 e. The molecule has 0 bridgehead atoms. The smallest absolute Gasteiger partial charge is 0.272 e. The van der Waals surface area contributed by atoms with E-state index >= 15 is 0 Å². The van der Waals surface area contributed by atoms with Gasteiger partial charge in [0.15, 0.2) is 11.5 Å². The van der Waals surface area contributed by atoms with Crippen LogP contribution in [0.2, 0.25) is 0 Å². The van der Waals surface area contributed by atoms with Gasteiger partial charge < -0.3 is 14.8 Å². The molecule has 1 N–H and O–H groups in total. The molecular weight excluding hydrogens is 386 g/mol. The molecular formula is C22H21N3O3S. The zero-order chi connectivity index (χ0) is 20.5. The standard InChI is InChI=1S/C22H21N3O3S/c1-13-7-5-6-8-15(13)19-12-16-20(29-19)21(26)25(2)22(24-16)23-14-9-10-17(27-3)18(11-14)28-4/h5-12H,1-4H3,(H,23,24). The van der Waals surface area contributed by atoms with Gasteiger partial charge in [0.2, 0.25) is 5.95 Å². The summed E-state index contributed by atoms with van der Waals surface area (Å²) in [6.45, 7) is 2.06. The second-order valence-corrected chi connectivity index (χ2v) is 7.69. The summed E-state index contributed by atoms with van der Waals surface area (Å²) in [6.07, 6.45) is 0. The zero-order valence-corrected chi connectivity index (χ0v) is 17.5. The maximum Gasteiger partial charge on any atom is 0.272 e. The lowest BCUT2D eigenvalue weighted by Crippen LogP contribution is -2.20. The molecule has 0 unspecified atom stereocenters. The van der Waals surface area contributed by atoms with Crippen molar-refractivity contribution >= 4 is 33.2 Å². The number of ether oxygens (including phenoxy) is 2. The average molecular weight is 407 g/mol. The number of rotatable bonds is 5. The molecule has 4 rings (SSSR count). The van der Waals surface area contributed by atoms with Crippen molar-refractivity contribution in [3.05, 3.63) is 64.4 Å². The van der Waals surface area contributed by atoms with Crippen molar-refractivity contribution in [2.24, 2.45) is 7.05 Å². The van der Waals surface area contributed by atoms with Crippen molar-refractivity contribution in [3.63, 3.8) is 0 Å². The summed E-state index contributed by atoms with van der Waals surface area (Å²) in [7, 11) is 4.89. The highest BCUT2D eigenvalue weighted by Gasteiger charge is 2.15. The Labute approximate surface area is 172 Å². The first-order valence-corrected chi connectivity index (χ1v) is 9.89. The molecule has 0 amide bonds. The lowest BCUT2D eigenvalue weighted by Gasteiger charge is -2.12. The van der Waals surface area contributed by atoms with Gasteiger partial charge in [-0.3, -0.25) is 9.36 Å². The molecule has 0 spiro atoms. The summed E-state index contributed by atoms with van der Waals surface area (Å²) in [5.74, 6) is 1.70. The van der Waals surface area contributed by atoms with E-state index < -0.39 is 0 Å². The van der Waals surface area contributed by atoms with E-state index in [0.29, 0.717) is 27.7 Å². The predicted molar refractivity (Wildman–Crippen MR) is 118 cm³/mol. The van der Waals surface area contributed by atoms with Crippen LogP contribution in [0.15, 0.2) is 53.3 Å². The number of fused-ring (bicyclic) bond motifs is 1. The van der Waals surface area contributed by atoms with Gasteiger partial charge in [-0.25, -0.2) is 4.98 Å². The number of thiophene rings is 1. The number of benzene rings is 2. The SMILES string of the molecule is COc1ccc(Nc2nc3cc(-c4ccccc4C)sc3c(=O)n2C)cc1OC. The van der Waals surface area contributed by atoms with Crippen molar-refractivity contribution in [2.75, 3.05) is 19.5 Å². The molecule has 6 nitrogen and oxygen atoms in total. The molecule has 148 valence electrons. The van der Waals surface area contributed by atoms with E-state index in [1.165, 1.54) is 21.5 Å². The average Bonchev–Trinajstić information content (AvgIpc) is 3.16. The molecule has 0 saturated carbocycles. The van der Waals surface area contributed by atoms with Crippen LogP contribution in [0.5, 0.6) is 11.5 Å². The van der Waals surface area contributed by atoms with Gasteiger partial charge in [-0.2, -0.15) is 0 Å². The number of hydrogen-bond acceptors (Lipinski definition) is 6. The lowest BCUT2D eigenvalue weighted by atomic mass is 10.1. The predicted octanol–water partition coefficient (Wildman–Crippen LogP) is 4.73. The number of hydrogen-bond donors (Lipinski definition) is 1. The molecule has 2 aromatic heterocycles. The Morgan fingerprint density at radius 2 is 1.79 bits per heavy atom. The summed E-state index contributed by atoms with van der Waals surface area (Å²) in [6, 6.07) is 15.6. The number of aromatic nitrogens is 2. The van der Waals surface area contributed by atoms with Gasteiger partial charge in [-0.1, -0.05) is 24.3 Å². The summed E-state index contributed by atoms with van der Waals surface area (Å²) >= 11 is 1.47.